The van der Waals surface area contributed by atoms with Crippen LogP contribution in [0.2, 0.25) is 0 Å². The van der Waals surface area contributed by atoms with E-state index in [1.165, 1.54) is 11.5 Å². The molecule has 0 fully saturated rings. The Bertz CT molecular complexity index is 296. The Balaban J connectivity index is 2.31. The average Bonchev–Trinajstić information content (AvgIpc) is 2.72. The van der Waals surface area contributed by atoms with Gasteiger partial charge in [0.1, 0.15) is 0 Å². The van der Waals surface area contributed by atoms with Crippen molar-refractivity contribution in [2.45, 2.75) is 46.3 Å². The predicted octanol–water partition coefficient (Wildman–Crippen LogP) is 2.70. The van der Waals surface area contributed by atoms with Crippen LogP contribution in [0.15, 0.2) is 12.3 Å². The van der Waals surface area contributed by atoms with E-state index in [9.17, 15) is 0 Å². The maximum atomic E-state index is 4.51. The Morgan fingerprint density at radius 3 is 2.75 bits per heavy atom. The monoisotopic (exact) mass is 241 g/mol. The Morgan fingerprint density at radius 1 is 1.44 bits per heavy atom. The fourth-order valence-corrected chi connectivity index (χ4v) is 2.10. The molecular weight excluding hydrogens is 218 g/mol. The third kappa shape index (κ3) is 4.58. The van der Waals surface area contributed by atoms with Crippen molar-refractivity contribution in [3.05, 3.63) is 18.0 Å². The van der Waals surface area contributed by atoms with Gasteiger partial charge < -0.3 is 5.32 Å². The first-order chi connectivity index (χ1) is 7.63. The zero-order valence-corrected chi connectivity index (χ0v) is 11.5. The summed E-state index contributed by atoms with van der Waals surface area (Å²) in [7, 11) is 0. The van der Waals surface area contributed by atoms with Crippen LogP contribution in [-0.2, 0) is 6.54 Å². The van der Waals surface area contributed by atoms with Gasteiger partial charge in [0.05, 0.1) is 5.69 Å². The van der Waals surface area contributed by atoms with Crippen molar-refractivity contribution in [3.8, 4) is 0 Å². The lowest BCUT2D eigenvalue weighted by molar-refractivity contribution is 0.515. The number of hydrogen-bond donors (Lipinski definition) is 1. The molecule has 1 atom stereocenters. The molecule has 0 saturated heterocycles. The molecule has 1 heterocycles. The fraction of sp³-hybridized carbons (Fsp3) is 0.750. The number of hydrogen-bond acceptors (Lipinski definition) is 3. The minimum Gasteiger partial charge on any atom is -0.308 e. The van der Waals surface area contributed by atoms with Gasteiger partial charge in [-0.1, -0.05) is 6.92 Å². The van der Waals surface area contributed by atoms with Gasteiger partial charge >= 0.3 is 0 Å². The molecule has 0 aliphatic rings. The van der Waals surface area contributed by atoms with Crippen LogP contribution in [0, 0.1) is 0 Å². The van der Waals surface area contributed by atoms with E-state index in [0.29, 0.717) is 12.1 Å². The molecule has 1 N–H and O–H groups in total. The van der Waals surface area contributed by atoms with E-state index in [1.807, 2.05) is 22.6 Å². The maximum Gasteiger partial charge on any atom is 0.0762 e. The summed E-state index contributed by atoms with van der Waals surface area (Å²) in [5.41, 5.74) is 1.13. The summed E-state index contributed by atoms with van der Waals surface area (Å²) in [5.74, 6) is 2.36. The van der Waals surface area contributed by atoms with Crippen LogP contribution >= 0.6 is 11.8 Å². The quantitative estimate of drug-likeness (QED) is 0.796. The highest BCUT2D eigenvalue weighted by atomic mass is 32.2. The molecule has 0 saturated carbocycles. The van der Waals surface area contributed by atoms with E-state index in [1.54, 1.807) is 0 Å². The summed E-state index contributed by atoms with van der Waals surface area (Å²) in [6, 6.07) is 3.09. The summed E-state index contributed by atoms with van der Waals surface area (Å²) in [6.07, 6.45) is 2.05. The van der Waals surface area contributed by atoms with Gasteiger partial charge in [-0.3, -0.25) is 4.68 Å². The van der Waals surface area contributed by atoms with Crippen molar-refractivity contribution < 1.29 is 0 Å². The number of aromatic nitrogens is 2. The summed E-state index contributed by atoms with van der Waals surface area (Å²) in [6.45, 7) is 9.57. The van der Waals surface area contributed by atoms with Crippen molar-refractivity contribution in [2.75, 3.05) is 11.5 Å². The largest absolute Gasteiger partial charge is 0.308 e. The number of rotatable bonds is 7. The van der Waals surface area contributed by atoms with Crippen LogP contribution in [0.5, 0.6) is 0 Å². The van der Waals surface area contributed by atoms with Gasteiger partial charge in [-0.05, 0) is 32.6 Å². The lowest BCUT2D eigenvalue weighted by Gasteiger charge is -2.11. The van der Waals surface area contributed by atoms with Gasteiger partial charge in [0.15, 0.2) is 0 Å². The average molecular weight is 241 g/mol. The summed E-state index contributed by atoms with van der Waals surface area (Å²) in [4.78, 5) is 0. The first-order valence-electron chi connectivity index (χ1n) is 5.98. The van der Waals surface area contributed by atoms with Crippen molar-refractivity contribution >= 4 is 11.8 Å². The molecule has 0 bridgehead atoms. The molecule has 0 aliphatic heterocycles. The molecule has 0 amide bonds. The minimum atomic E-state index is 0.446. The zero-order chi connectivity index (χ0) is 12.0. The van der Waals surface area contributed by atoms with Crippen molar-refractivity contribution in [2.24, 2.45) is 0 Å². The third-order valence-corrected chi connectivity index (χ3v) is 3.54. The minimum absolute atomic E-state index is 0.446. The van der Waals surface area contributed by atoms with Crippen molar-refractivity contribution in [1.29, 1.82) is 0 Å². The molecule has 1 aromatic heterocycles. The van der Waals surface area contributed by atoms with Crippen LogP contribution in [-0.4, -0.2) is 27.3 Å². The fourth-order valence-electron chi connectivity index (χ4n) is 1.39. The second-order valence-electron chi connectivity index (χ2n) is 4.32. The van der Waals surface area contributed by atoms with Gasteiger partial charge in [0, 0.05) is 30.6 Å². The van der Waals surface area contributed by atoms with Gasteiger partial charge in [0.2, 0.25) is 0 Å². The van der Waals surface area contributed by atoms with Crippen LogP contribution in [0.3, 0.4) is 0 Å². The Labute approximate surface area is 103 Å². The summed E-state index contributed by atoms with van der Waals surface area (Å²) >= 11 is 1.97. The first-order valence-corrected chi connectivity index (χ1v) is 7.14. The van der Waals surface area contributed by atoms with E-state index in [4.69, 9.17) is 0 Å². The molecule has 1 aromatic rings. The highest BCUT2D eigenvalue weighted by Gasteiger charge is 2.04. The molecule has 0 radical (unpaired) electrons. The molecule has 3 nitrogen and oxygen atoms in total. The Hall–Kier alpha value is -0.480. The molecule has 1 unspecified atom stereocenters. The van der Waals surface area contributed by atoms with Crippen LogP contribution in [0.1, 0.15) is 39.4 Å². The molecular formula is C12H23N3S. The second-order valence-corrected chi connectivity index (χ2v) is 5.64. The standard InChI is InChI=1S/C12H23N3S/c1-5-16-9-11(4)13-8-12-6-7-15(14-12)10(2)3/h6-7,10-11,13H,5,8-9H2,1-4H3. The molecule has 0 spiro atoms. The topological polar surface area (TPSA) is 29.9 Å². The maximum absolute atomic E-state index is 4.51. The van der Waals surface area contributed by atoms with Crippen LogP contribution in [0.25, 0.3) is 0 Å². The van der Waals surface area contributed by atoms with E-state index < -0.39 is 0 Å². The van der Waals surface area contributed by atoms with Gasteiger partial charge in [-0.25, -0.2) is 0 Å². The van der Waals surface area contributed by atoms with Crippen molar-refractivity contribution in [1.82, 2.24) is 15.1 Å². The predicted molar refractivity (Wildman–Crippen MR) is 71.9 cm³/mol. The van der Waals surface area contributed by atoms with E-state index in [2.05, 4.69) is 44.2 Å². The number of thioether (sulfide) groups is 1. The number of nitrogens with zero attached hydrogens (tertiary/aromatic N) is 2. The van der Waals surface area contributed by atoms with E-state index in [-0.39, 0.29) is 0 Å². The third-order valence-electron chi connectivity index (χ3n) is 2.40. The Morgan fingerprint density at radius 2 is 2.19 bits per heavy atom. The molecule has 16 heavy (non-hydrogen) atoms. The number of nitrogens with one attached hydrogen (secondary N) is 1. The smallest absolute Gasteiger partial charge is 0.0762 e. The molecule has 1 rings (SSSR count). The SMILES string of the molecule is CCSCC(C)NCc1ccn(C(C)C)n1. The highest BCUT2D eigenvalue weighted by Crippen LogP contribution is 2.05. The van der Waals surface area contributed by atoms with Crippen LogP contribution < -0.4 is 5.32 Å². The summed E-state index contributed by atoms with van der Waals surface area (Å²) < 4.78 is 2.00. The van der Waals surface area contributed by atoms with Gasteiger partial charge in [-0.15, -0.1) is 0 Å². The van der Waals surface area contributed by atoms with Gasteiger partial charge in [0.25, 0.3) is 0 Å². The lowest BCUT2D eigenvalue weighted by atomic mass is 10.3. The first kappa shape index (κ1) is 13.6. The highest BCUT2D eigenvalue weighted by molar-refractivity contribution is 7.99. The Kier molecular flexibility index (Phi) is 5.91. The van der Waals surface area contributed by atoms with E-state index >= 15 is 0 Å². The summed E-state index contributed by atoms with van der Waals surface area (Å²) in [5, 5.41) is 8.00. The second kappa shape index (κ2) is 6.97. The molecule has 92 valence electrons. The van der Waals surface area contributed by atoms with Crippen molar-refractivity contribution in [3.63, 3.8) is 0 Å². The molecule has 0 aromatic carbocycles. The molecule has 0 aliphatic carbocycles. The zero-order valence-electron chi connectivity index (χ0n) is 10.7. The van der Waals surface area contributed by atoms with Crippen LogP contribution in [0.4, 0.5) is 0 Å². The lowest BCUT2D eigenvalue weighted by Crippen LogP contribution is -2.28. The van der Waals surface area contributed by atoms with Gasteiger partial charge in [-0.2, -0.15) is 16.9 Å². The molecule has 4 heteroatoms. The normalized spacial score (nSPS) is 13.3. The van der Waals surface area contributed by atoms with E-state index in [0.717, 1.165) is 12.2 Å².